The number of benzene rings is 3. The van der Waals surface area contributed by atoms with Gasteiger partial charge in [0.25, 0.3) is 0 Å². The normalized spacial score (nSPS) is 15.1. The van der Waals surface area contributed by atoms with Crippen LogP contribution >= 0.6 is 0 Å². The molecule has 158 valence electrons. The average molecular weight is 413 g/mol. The van der Waals surface area contributed by atoms with Crippen molar-refractivity contribution >= 4 is 23.2 Å². The summed E-state index contributed by atoms with van der Waals surface area (Å²) < 4.78 is 0. The van der Waals surface area contributed by atoms with Gasteiger partial charge in [-0.1, -0.05) is 74.5 Å². The van der Waals surface area contributed by atoms with Crippen molar-refractivity contribution in [2.24, 2.45) is 0 Å². The molecule has 4 rings (SSSR count). The fourth-order valence-electron chi connectivity index (χ4n) is 4.15. The molecule has 4 nitrogen and oxygen atoms in total. The lowest BCUT2D eigenvalue weighted by atomic mass is 10.0. The number of nitrogens with zero attached hydrogens (tertiary/aromatic N) is 1. The number of para-hydroxylation sites is 1. The first-order valence-corrected chi connectivity index (χ1v) is 10.9. The van der Waals surface area contributed by atoms with Crippen LogP contribution < -0.4 is 10.2 Å². The highest BCUT2D eigenvalue weighted by atomic mass is 16.2. The van der Waals surface area contributed by atoms with E-state index in [0.717, 1.165) is 23.4 Å². The molecule has 2 amide bonds. The lowest BCUT2D eigenvalue weighted by Crippen LogP contribution is -2.32. The predicted molar refractivity (Wildman–Crippen MR) is 125 cm³/mol. The second-order valence-corrected chi connectivity index (χ2v) is 8.35. The topological polar surface area (TPSA) is 49.4 Å². The second kappa shape index (κ2) is 9.17. The molecule has 0 fully saturated rings. The molecular formula is C27H28N2O2. The van der Waals surface area contributed by atoms with Crippen molar-refractivity contribution in [3.8, 4) is 0 Å². The fraction of sp³-hybridized carbons (Fsp3) is 0.259. The summed E-state index contributed by atoms with van der Waals surface area (Å²) in [5, 5.41) is 2.91. The Morgan fingerprint density at radius 2 is 1.58 bits per heavy atom. The van der Waals surface area contributed by atoms with E-state index in [1.54, 1.807) is 0 Å². The number of amides is 2. The van der Waals surface area contributed by atoms with Crippen molar-refractivity contribution in [3.05, 3.63) is 95.6 Å². The maximum absolute atomic E-state index is 13.2. The molecule has 0 spiro atoms. The summed E-state index contributed by atoms with van der Waals surface area (Å²) in [5.41, 5.74) is 5.22. The predicted octanol–water partition coefficient (Wildman–Crippen LogP) is 5.86. The van der Waals surface area contributed by atoms with Crippen LogP contribution in [0.1, 0.15) is 55.3 Å². The molecule has 1 heterocycles. The van der Waals surface area contributed by atoms with Gasteiger partial charge < -0.3 is 10.2 Å². The smallest absolute Gasteiger partial charge is 0.228 e. The Balaban J connectivity index is 1.43. The van der Waals surface area contributed by atoms with E-state index in [4.69, 9.17) is 0 Å². The van der Waals surface area contributed by atoms with Crippen molar-refractivity contribution in [2.75, 3.05) is 10.2 Å². The molecule has 31 heavy (non-hydrogen) atoms. The number of carbonyl (C=O) groups excluding carboxylic acids is 2. The molecule has 3 aromatic rings. The average Bonchev–Trinajstić information content (AvgIpc) is 3.18. The van der Waals surface area contributed by atoms with Gasteiger partial charge in [0.2, 0.25) is 11.8 Å². The quantitative estimate of drug-likeness (QED) is 0.551. The summed E-state index contributed by atoms with van der Waals surface area (Å²) in [6.45, 7) is 4.27. The molecule has 1 N–H and O–H groups in total. The molecule has 0 aromatic heterocycles. The standard InChI is InChI=1S/C27H28N2O2/c1-19(2)20-12-14-23(15-13-20)28-26(30)16-17-27(31)29-24-11-7-6-10-22(24)18-25(29)21-8-4-3-5-9-21/h3-15,19,25H,16-18H2,1-2H3,(H,28,30)/t25-/m0/s1. The van der Waals surface area contributed by atoms with Gasteiger partial charge in [-0.25, -0.2) is 0 Å². The third kappa shape index (κ3) is 4.69. The Morgan fingerprint density at radius 3 is 2.29 bits per heavy atom. The SMILES string of the molecule is CC(C)c1ccc(NC(=O)CCC(=O)N2c3ccccc3C[C@H]2c2ccccc2)cc1. The first-order chi connectivity index (χ1) is 15.0. The van der Waals surface area contributed by atoms with Gasteiger partial charge in [0.1, 0.15) is 0 Å². The molecule has 3 aromatic carbocycles. The van der Waals surface area contributed by atoms with Crippen LogP contribution in [-0.2, 0) is 16.0 Å². The summed E-state index contributed by atoms with van der Waals surface area (Å²) in [7, 11) is 0. The Bertz CT molecular complexity index is 1060. The molecule has 1 aliphatic rings. The second-order valence-electron chi connectivity index (χ2n) is 8.35. The molecule has 4 heteroatoms. The van der Waals surface area contributed by atoms with Crippen molar-refractivity contribution in [1.29, 1.82) is 0 Å². The van der Waals surface area contributed by atoms with E-state index in [2.05, 4.69) is 37.4 Å². The molecule has 0 radical (unpaired) electrons. The zero-order valence-electron chi connectivity index (χ0n) is 18.0. The minimum Gasteiger partial charge on any atom is -0.326 e. The molecule has 0 saturated heterocycles. The van der Waals surface area contributed by atoms with Gasteiger partial charge in [-0.2, -0.15) is 0 Å². The number of fused-ring (bicyclic) bond motifs is 1. The Hall–Kier alpha value is -3.40. The maximum Gasteiger partial charge on any atom is 0.228 e. The van der Waals surface area contributed by atoms with Crippen LogP contribution in [0.4, 0.5) is 11.4 Å². The summed E-state index contributed by atoms with van der Waals surface area (Å²) in [5.74, 6) is 0.279. The van der Waals surface area contributed by atoms with E-state index in [9.17, 15) is 9.59 Å². The Labute approximate surface area is 183 Å². The number of hydrogen-bond acceptors (Lipinski definition) is 2. The van der Waals surface area contributed by atoms with E-state index < -0.39 is 0 Å². The number of carbonyl (C=O) groups is 2. The van der Waals surface area contributed by atoms with Crippen molar-refractivity contribution < 1.29 is 9.59 Å². The summed E-state index contributed by atoms with van der Waals surface area (Å²) in [4.78, 5) is 27.6. The van der Waals surface area contributed by atoms with Crippen LogP contribution in [0.3, 0.4) is 0 Å². The van der Waals surface area contributed by atoms with Gasteiger partial charge in [0.05, 0.1) is 6.04 Å². The zero-order valence-corrected chi connectivity index (χ0v) is 18.0. The van der Waals surface area contributed by atoms with Crippen molar-refractivity contribution in [1.82, 2.24) is 0 Å². The molecule has 1 aliphatic heterocycles. The summed E-state index contributed by atoms with van der Waals surface area (Å²) in [6.07, 6.45) is 1.12. The molecule has 0 bridgehead atoms. The first-order valence-electron chi connectivity index (χ1n) is 10.9. The highest BCUT2D eigenvalue weighted by molar-refractivity contribution is 6.00. The first kappa shape index (κ1) is 20.9. The van der Waals surface area contributed by atoms with E-state index in [0.29, 0.717) is 5.92 Å². The van der Waals surface area contributed by atoms with Gasteiger partial charge in [0, 0.05) is 24.2 Å². The molecule has 0 unspecified atom stereocenters. The number of hydrogen-bond donors (Lipinski definition) is 1. The summed E-state index contributed by atoms with van der Waals surface area (Å²) in [6, 6.07) is 26.0. The Morgan fingerprint density at radius 1 is 0.903 bits per heavy atom. The lowest BCUT2D eigenvalue weighted by Gasteiger charge is -2.26. The minimum atomic E-state index is -0.144. The largest absolute Gasteiger partial charge is 0.326 e. The van der Waals surface area contributed by atoms with Crippen molar-refractivity contribution in [3.63, 3.8) is 0 Å². The van der Waals surface area contributed by atoms with Crippen LogP contribution in [0.25, 0.3) is 0 Å². The molecule has 1 atom stereocenters. The highest BCUT2D eigenvalue weighted by Crippen LogP contribution is 2.40. The molecule has 0 saturated carbocycles. The minimum absolute atomic E-state index is 0.0240. The van der Waals surface area contributed by atoms with Crippen LogP contribution in [0.15, 0.2) is 78.9 Å². The van der Waals surface area contributed by atoms with Crippen LogP contribution in [-0.4, -0.2) is 11.8 Å². The number of anilines is 2. The van der Waals surface area contributed by atoms with Crippen LogP contribution in [0.2, 0.25) is 0 Å². The van der Waals surface area contributed by atoms with E-state index in [-0.39, 0.29) is 30.7 Å². The van der Waals surface area contributed by atoms with Gasteiger partial charge in [-0.15, -0.1) is 0 Å². The van der Waals surface area contributed by atoms with Crippen LogP contribution in [0, 0.1) is 0 Å². The highest BCUT2D eigenvalue weighted by Gasteiger charge is 2.34. The third-order valence-electron chi connectivity index (χ3n) is 5.86. The number of nitrogens with one attached hydrogen (secondary N) is 1. The summed E-state index contributed by atoms with van der Waals surface area (Å²) >= 11 is 0. The van der Waals surface area contributed by atoms with Gasteiger partial charge >= 0.3 is 0 Å². The van der Waals surface area contributed by atoms with Gasteiger partial charge in [0.15, 0.2) is 0 Å². The van der Waals surface area contributed by atoms with Gasteiger partial charge in [-0.05, 0) is 47.2 Å². The molecular weight excluding hydrogens is 384 g/mol. The lowest BCUT2D eigenvalue weighted by molar-refractivity contribution is -0.122. The molecule has 0 aliphatic carbocycles. The van der Waals surface area contributed by atoms with E-state index >= 15 is 0 Å². The van der Waals surface area contributed by atoms with Gasteiger partial charge in [-0.3, -0.25) is 9.59 Å². The van der Waals surface area contributed by atoms with Crippen molar-refractivity contribution in [2.45, 2.75) is 45.1 Å². The van der Waals surface area contributed by atoms with Crippen LogP contribution in [0.5, 0.6) is 0 Å². The third-order valence-corrected chi connectivity index (χ3v) is 5.86. The fourth-order valence-corrected chi connectivity index (χ4v) is 4.15. The maximum atomic E-state index is 13.2. The van der Waals surface area contributed by atoms with E-state index in [1.165, 1.54) is 11.1 Å². The Kier molecular flexibility index (Phi) is 6.17. The number of rotatable bonds is 6. The zero-order chi connectivity index (χ0) is 21.8. The monoisotopic (exact) mass is 412 g/mol. The van der Waals surface area contributed by atoms with E-state index in [1.807, 2.05) is 65.6 Å².